The van der Waals surface area contributed by atoms with Gasteiger partial charge in [0.25, 0.3) is 0 Å². The van der Waals surface area contributed by atoms with E-state index in [1.165, 1.54) is 24.0 Å². The molecule has 1 aliphatic carbocycles. The third kappa shape index (κ3) is 2.56. The molecule has 1 aliphatic rings. The summed E-state index contributed by atoms with van der Waals surface area (Å²) in [6.07, 6.45) is 4.01. The standard InChI is InChI=1S/C14H21NO/c1-9-7-10(2)14(15)12(8-9)5-6-13(16)11-3-4-11/h7-8,11,13,16H,3-6,15H2,1-2H3. The van der Waals surface area contributed by atoms with E-state index in [9.17, 15) is 5.11 Å². The molecule has 1 atom stereocenters. The van der Waals surface area contributed by atoms with Crippen LogP contribution in [0.1, 0.15) is 36.0 Å². The van der Waals surface area contributed by atoms with Crippen LogP contribution >= 0.6 is 0 Å². The molecule has 0 saturated heterocycles. The van der Waals surface area contributed by atoms with Gasteiger partial charge in [0.2, 0.25) is 0 Å². The van der Waals surface area contributed by atoms with E-state index in [0.29, 0.717) is 5.92 Å². The fourth-order valence-electron chi connectivity index (χ4n) is 2.29. The summed E-state index contributed by atoms with van der Waals surface area (Å²) in [7, 11) is 0. The summed E-state index contributed by atoms with van der Waals surface area (Å²) in [5.41, 5.74) is 10.5. The van der Waals surface area contributed by atoms with E-state index in [4.69, 9.17) is 5.73 Å². The van der Waals surface area contributed by atoms with Gasteiger partial charge in [0.1, 0.15) is 0 Å². The second kappa shape index (κ2) is 4.46. The van der Waals surface area contributed by atoms with Crippen molar-refractivity contribution in [1.82, 2.24) is 0 Å². The smallest absolute Gasteiger partial charge is 0.0571 e. The highest BCUT2D eigenvalue weighted by Crippen LogP contribution is 2.34. The van der Waals surface area contributed by atoms with Crippen LogP contribution in [0.4, 0.5) is 5.69 Å². The van der Waals surface area contributed by atoms with Crippen molar-refractivity contribution in [2.45, 2.75) is 45.6 Å². The number of rotatable bonds is 4. The summed E-state index contributed by atoms with van der Waals surface area (Å²) in [5.74, 6) is 0.562. The van der Waals surface area contributed by atoms with Gasteiger partial charge in [-0.05, 0) is 56.6 Å². The van der Waals surface area contributed by atoms with Crippen LogP contribution in [-0.4, -0.2) is 11.2 Å². The zero-order chi connectivity index (χ0) is 11.7. The summed E-state index contributed by atoms with van der Waals surface area (Å²) in [5, 5.41) is 9.84. The van der Waals surface area contributed by atoms with E-state index in [0.717, 1.165) is 24.1 Å². The first kappa shape index (κ1) is 11.5. The van der Waals surface area contributed by atoms with E-state index >= 15 is 0 Å². The van der Waals surface area contributed by atoms with Gasteiger partial charge in [-0.1, -0.05) is 17.7 Å². The lowest BCUT2D eigenvalue weighted by atomic mass is 9.98. The second-order valence-electron chi connectivity index (χ2n) is 5.10. The zero-order valence-corrected chi connectivity index (χ0v) is 10.2. The number of nitrogens with two attached hydrogens (primary N) is 1. The molecule has 2 rings (SSSR count). The summed E-state index contributed by atoms with van der Waals surface area (Å²) in [6, 6.07) is 4.25. The third-order valence-corrected chi connectivity index (χ3v) is 3.49. The van der Waals surface area contributed by atoms with Crippen molar-refractivity contribution in [2.24, 2.45) is 5.92 Å². The van der Waals surface area contributed by atoms with Gasteiger partial charge in [-0.15, -0.1) is 0 Å². The van der Waals surface area contributed by atoms with Gasteiger partial charge < -0.3 is 10.8 Å². The van der Waals surface area contributed by atoms with Crippen molar-refractivity contribution in [1.29, 1.82) is 0 Å². The number of aliphatic hydroxyl groups is 1. The van der Waals surface area contributed by atoms with Gasteiger partial charge in [0.05, 0.1) is 6.10 Å². The fraction of sp³-hybridized carbons (Fsp3) is 0.571. The van der Waals surface area contributed by atoms with Crippen molar-refractivity contribution >= 4 is 5.69 Å². The number of benzene rings is 1. The fourth-order valence-corrected chi connectivity index (χ4v) is 2.29. The molecule has 16 heavy (non-hydrogen) atoms. The molecule has 0 aliphatic heterocycles. The molecular weight excluding hydrogens is 198 g/mol. The van der Waals surface area contributed by atoms with Crippen LogP contribution < -0.4 is 5.73 Å². The van der Waals surface area contributed by atoms with E-state index in [1.54, 1.807) is 0 Å². The van der Waals surface area contributed by atoms with Gasteiger partial charge in [0, 0.05) is 5.69 Å². The van der Waals surface area contributed by atoms with Crippen LogP contribution in [0.3, 0.4) is 0 Å². The SMILES string of the molecule is Cc1cc(C)c(N)c(CCC(O)C2CC2)c1. The monoisotopic (exact) mass is 219 g/mol. The summed E-state index contributed by atoms with van der Waals surface area (Å²) < 4.78 is 0. The highest BCUT2D eigenvalue weighted by atomic mass is 16.3. The van der Waals surface area contributed by atoms with E-state index in [1.807, 2.05) is 6.92 Å². The molecule has 0 aromatic heterocycles. The van der Waals surface area contributed by atoms with Crippen LogP contribution in [0.2, 0.25) is 0 Å². The van der Waals surface area contributed by atoms with E-state index in [-0.39, 0.29) is 6.10 Å². The van der Waals surface area contributed by atoms with Crippen LogP contribution in [0.25, 0.3) is 0 Å². The Morgan fingerprint density at radius 2 is 2.06 bits per heavy atom. The lowest BCUT2D eigenvalue weighted by molar-refractivity contribution is 0.142. The lowest BCUT2D eigenvalue weighted by Gasteiger charge is -2.13. The Kier molecular flexibility index (Phi) is 3.20. The second-order valence-corrected chi connectivity index (χ2v) is 5.10. The van der Waals surface area contributed by atoms with Gasteiger partial charge in [0.15, 0.2) is 0 Å². The number of hydrogen-bond donors (Lipinski definition) is 2. The van der Waals surface area contributed by atoms with Crippen LogP contribution in [-0.2, 0) is 6.42 Å². The van der Waals surface area contributed by atoms with Gasteiger partial charge >= 0.3 is 0 Å². The number of aryl methyl sites for hydroxylation is 3. The van der Waals surface area contributed by atoms with Crippen molar-refractivity contribution in [2.75, 3.05) is 5.73 Å². The van der Waals surface area contributed by atoms with Crippen LogP contribution in [0.15, 0.2) is 12.1 Å². The number of anilines is 1. The average molecular weight is 219 g/mol. The molecule has 1 fully saturated rings. The minimum atomic E-state index is -0.125. The van der Waals surface area contributed by atoms with E-state index in [2.05, 4.69) is 19.1 Å². The highest BCUT2D eigenvalue weighted by molar-refractivity contribution is 5.55. The largest absolute Gasteiger partial charge is 0.398 e. The molecule has 1 aromatic rings. The van der Waals surface area contributed by atoms with Crippen molar-refractivity contribution in [3.63, 3.8) is 0 Å². The normalized spacial score (nSPS) is 17.4. The number of nitrogen functional groups attached to an aromatic ring is 1. The molecule has 0 radical (unpaired) electrons. The zero-order valence-electron chi connectivity index (χ0n) is 10.2. The molecule has 3 N–H and O–H groups in total. The third-order valence-electron chi connectivity index (χ3n) is 3.49. The molecule has 0 amide bonds. The molecule has 1 unspecified atom stereocenters. The van der Waals surface area contributed by atoms with Crippen LogP contribution in [0, 0.1) is 19.8 Å². The van der Waals surface area contributed by atoms with Crippen LogP contribution in [0.5, 0.6) is 0 Å². The molecule has 0 heterocycles. The number of hydrogen-bond acceptors (Lipinski definition) is 2. The predicted octanol–water partition coefficient (Wildman–Crippen LogP) is 2.59. The van der Waals surface area contributed by atoms with Crippen molar-refractivity contribution in [3.8, 4) is 0 Å². The maximum absolute atomic E-state index is 9.84. The molecule has 0 bridgehead atoms. The first-order chi connectivity index (χ1) is 7.58. The van der Waals surface area contributed by atoms with Gasteiger partial charge in [-0.2, -0.15) is 0 Å². The Morgan fingerprint density at radius 3 is 2.69 bits per heavy atom. The lowest BCUT2D eigenvalue weighted by Crippen LogP contribution is -2.11. The maximum atomic E-state index is 9.84. The van der Waals surface area contributed by atoms with Crippen molar-refractivity contribution < 1.29 is 5.11 Å². The Bertz CT molecular complexity index is 383. The summed E-state index contributed by atoms with van der Waals surface area (Å²) in [6.45, 7) is 4.14. The quantitative estimate of drug-likeness (QED) is 0.765. The average Bonchev–Trinajstić information content (AvgIpc) is 3.04. The molecule has 1 saturated carbocycles. The predicted molar refractivity (Wildman–Crippen MR) is 67.4 cm³/mol. The minimum absolute atomic E-state index is 0.125. The molecular formula is C14H21NO. The summed E-state index contributed by atoms with van der Waals surface area (Å²) >= 11 is 0. The number of aliphatic hydroxyl groups excluding tert-OH is 1. The topological polar surface area (TPSA) is 46.2 Å². The Hall–Kier alpha value is -1.02. The maximum Gasteiger partial charge on any atom is 0.0571 e. The van der Waals surface area contributed by atoms with E-state index < -0.39 is 0 Å². The first-order valence-corrected chi connectivity index (χ1v) is 6.11. The molecule has 0 spiro atoms. The molecule has 2 nitrogen and oxygen atoms in total. The van der Waals surface area contributed by atoms with Crippen molar-refractivity contribution in [3.05, 3.63) is 28.8 Å². The Morgan fingerprint density at radius 1 is 1.38 bits per heavy atom. The Labute approximate surface area is 97.5 Å². The molecule has 88 valence electrons. The molecule has 1 aromatic carbocycles. The summed E-state index contributed by atoms with van der Waals surface area (Å²) in [4.78, 5) is 0. The minimum Gasteiger partial charge on any atom is -0.398 e. The Balaban J connectivity index is 2.02. The van der Waals surface area contributed by atoms with Gasteiger partial charge in [-0.3, -0.25) is 0 Å². The highest BCUT2D eigenvalue weighted by Gasteiger charge is 2.29. The van der Waals surface area contributed by atoms with Gasteiger partial charge in [-0.25, -0.2) is 0 Å². The first-order valence-electron chi connectivity index (χ1n) is 6.11. The molecule has 2 heteroatoms.